The standard InChI is InChI=1S/C27H25BrN2O3/c28-21-11-7-19(8-12-21)24-16-25(24)27(33)30-22-13-9-18(10-14-22)23(5-1-2-6-26(31)32)20-4-3-15-29-17-20/h3-5,7-15,17,24-25H,1-2,6,16H2,(H,30,33)(H,31,32). The molecule has 2 atom stereocenters. The zero-order valence-electron chi connectivity index (χ0n) is 18.1. The van der Waals surface area contributed by atoms with Gasteiger partial charge in [0.2, 0.25) is 5.91 Å². The van der Waals surface area contributed by atoms with E-state index in [4.69, 9.17) is 5.11 Å². The van der Waals surface area contributed by atoms with Crippen LogP contribution in [0, 0.1) is 5.92 Å². The summed E-state index contributed by atoms with van der Waals surface area (Å²) in [7, 11) is 0. The third kappa shape index (κ3) is 6.17. The molecule has 2 aromatic carbocycles. The van der Waals surface area contributed by atoms with Gasteiger partial charge in [-0.3, -0.25) is 14.6 Å². The van der Waals surface area contributed by atoms with Gasteiger partial charge < -0.3 is 10.4 Å². The lowest BCUT2D eigenvalue weighted by molar-refractivity contribution is -0.137. The molecule has 3 aromatic rings. The quantitative estimate of drug-likeness (QED) is 0.336. The Labute approximate surface area is 201 Å². The number of rotatable bonds is 9. The molecule has 5 nitrogen and oxygen atoms in total. The van der Waals surface area contributed by atoms with Crippen LogP contribution < -0.4 is 5.32 Å². The molecule has 0 radical (unpaired) electrons. The van der Waals surface area contributed by atoms with E-state index in [9.17, 15) is 9.59 Å². The Morgan fingerprint density at radius 2 is 1.82 bits per heavy atom. The van der Waals surface area contributed by atoms with Gasteiger partial charge >= 0.3 is 5.97 Å². The zero-order chi connectivity index (χ0) is 23.2. The summed E-state index contributed by atoms with van der Waals surface area (Å²) in [6, 6.07) is 19.8. The Morgan fingerprint density at radius 1 is 1.06 bits per heavy atom. The Bertz CT molecular complexity index is 1140. The lowest BCUT2D eigenvalue weighted by Crippen LogP contribution is -2.14. The minimum atomic E-state index is -0.788. The van der Waals surface area contributed by atoms with Crippen molar-refractivity contribution >= 4 is 39.1 Å². The molecule has 4 rings (SSSR count). The maximum absolute atomic E-state index is 12.7. The first-order valence-corrected chi connectivity index (χ1v) is 11.8. The molecule has 1 saturated carbocycles. The molecule has 2 unspecified atom stereocenters. The van der Waals surface area contributed by atoms with Crippen LogP contribution in [0.2, 0.25) is 0 Å². The number of allylic oxidation sites excluding steroid dienone is 1. The number of aliphatic carboxylic acids is 1. The molecule has 1 fully saturated rings. The number of carbonyl (C=O) groups is 2. The first kappa shape index (κ1) is 22.9. The molecule has 1 aliphatic carbocycles. The maximum Gasteiger partial charge on any atom is 0.303 e. The van der Waals surface area contributed by atoms with Crippen LogP contribution in [0.4, 0.5) is 5.69 Å². The second-order valence-corrected chi connectivity index (χ2v) is 9.13. The number of carboxylic acid groups (broad SMARTS) is 1. The summed E-state index contributed by atoms with van der Waals surface area (Å²) in [6.07, 6.45) is 7.83. The second-order valence-electron chi connectivity index (χ2n) is 8.21. The maximum atomic E-state index is 12.7. The Balaban J connectivity index is 1.42. The molecule has 0 saturated heterocycles. The molecule has 0 aliphatic heterocycles. The predicted octanol–water partition coefficient (Wildman–Crippen LogP) is 6.27. The molecule has 1 aliphatic rings. The van der Waals surface area contributed by atoms with Gasteiger partial charge in [0.25, 0.3) is 0 Å². The Morgan fingerprint density at radius 3 is 2.48 bits per heavy atom. The van der Waals surface area contributed by atoms with Crippen LogP contribution in [0.5, 0.6) is 0 Å². The van der Waals surface area contributed by atoms with E-state index in [1.807, 2.05) is 48.5 Å². The number of nitrogens with zero attached hydrogens (tertiary/aromatic N) is 1. The highest BCUT2D eigenvalue weighted by Crippen LogP contribution is 2.48. The summed E-state index contributed by atoms with van der Waals surface area (Å²) >= 11 is 3.45. The van der Waals surface area contributed by atoms with Gasteiger partial charge in [0.1, 0.15) is 0 Å². The molecular formula is C27H25BrN2O3. The Kier molecular flexibility index (Phi) is 7.35. The summed E-state index contributed by atoms with van der Waals surface area (Å²) in [6.45, 7) is 0. The summed E-state index contributed by atoms with van der Waals surface area (Å²) in [5.41, 5.74) is 4.93. The van der Waals surface area contributed by atoms with Crippen molar-refractivity contribution in [3.63, 3.8) is 0 Å². The summed E-state index contributed by atoms with van der Waals surface area (Å²) < 4.78 is 1.04. The van der Waals surface area contributed by atoms with E-state index in [1.165, 1.54) is 5.56 Å². The fraction of sp³-hybridized carbons (Fsp3) is 0.222. The molecule has 1 heterocycles. The number of carboxylic acids is 1. The largest absolute Gasteiger partial charge is 0.481 e. The van der Waals surface area contributed by atoms with E-state index in [0.717, 1.165) is 33.3 Å². The van der Waals surface area contributed by atoms with Crippen LogP contribution in [0.1, 0.15) is 48.3 Å². The normalized spacial score (nSPS) is 17.4. The van der Waals surface area contributed by atoms with Crippen molar-refractivity contribution in [3.8, 4) is 0 Å². The number of benzene rings is 2. The Hall–Kier alpha value is -3.25. The van der Waals surface area contributed by atoms with E-state index in [2.05, 4.69) is 44.4 Å². The number of amides is 1. The van der Waals surface area contributed by atoms with Crippen molar-refractivity contribution in [2.24, 2.45) is 5.92 Å². The monoisotopic (exact) mass is 504 g/mol. The molecular weight excluding hydrogens is 480 g/mol. The van der Waals surface area contributed by atoms with Crippen LogP contribution in [-0.4, -0.2) is 22.0 Å². The third-order valence-corrected chi connectivity index (χ3v) is 6.33. The summed E-state index contributed by atoms with van der Waals surface area (Å²) in [5, 5.41) is 11.9. The molecule has 6 heteroatoms. The van der Waals surface area contributed by atoms with Gasteiger partial charge in [-0.2, -0.15) is 0 Å². The number of nitrogens with one attached hydrogen (secondary N) is 1. The van der Waals surface area contributed by atoms with Gasteiger partial charge in [-0.05, 0) is 72.2 Å². The number of halogens is 1. The number of carbonyl (C=O) groups excluding carboxylic acids is 1. The van der Waals surface area contributed by atoms with Gasteiger partial charge in [-0.25, -0.2) is 0 Å². The minimum Gasteiger partial charge on any atom is -0.481 e. The SMILES string of the molecule is O=C(O)CCCC=C(c1ccc(NC(=O)C2CC2c2ccc(Br)cc2)cc1)c1cccnc1. The number of unbranched alkanes of at least 4 members (excludes halogenated alkanes) is 1. The van der Waals surface area contributed by atoms with Gasteiger partial charge in [0.15, 0.2) is 0 Å². The van der Waals surface area contributed by atoms with Crippen molar-refractivity contribution < 1.29 is 14.7 Å². The third-order valence-electron chi connectivity index (χ3n) is 5.80. The number of hydrogen-bond donors (Lipinski definition) is 2. The van der Waals surface area contributed by atoms with Crippen LogP contribution in [0.25, 0.3) is 5.57 Å². The van der Waals surface area contributed by atoms with Gasteiger partial charge in [0, 0.05) is 40.5 Å². The first-order chi connectivity index (χ1) is 16.0. The fourth-order valence-corrected chi connectivity index (χ4v) is 4.22. The summed E-state index contributed by atoms with van der Waals surface area (Å²) in [4.78, 5) is 27.7. The van der Waals surface area contributed by atoms with Crippen molar-refractivity contribution in [1.82, 2.24) is 4.98 Å². The molecule has 1 aromatic heterocycles. The van der Waals surface area contributed by atoms with E-state index in [-0.39, 0.29) is 24.2 Å². The number of anilines is 1. The van der Waals surface area contributed by atoms with Gasteiger partial charge in [-0.1, -0.05) is 52.3 Å². The van der Waals surface area contributed by atoms with E-state index < -0.39 is 5.97 Å². The zero-order valence-corrected chi connectivity index (χ0v) is 19.7. The van der Waals surface area contributed by atoms with Gasteiger partial charge in [-0.15, -0.1) is 0 Å². The van der Waals surface area contributed by atoms with Crippen LogP contribution in [-0.2, 0) is 9.59 Å². The molecule has 168 valence electrons. The highest BCUT2D eigenvalue weighted by molar-refractivity contribution is 9.10. The molecule has 0 bridgehead atoms. The van der Waals surface area contributed by atoms with E-state index in [1.54, 1.807) is 12.4 Å². The number of hydrogen-bond acceptors (Lipinski definition) is 3. The van der Waals surface area contributed by atoms with E-state index in [0.29, 0.717) is 12.8 Å². The smallest absolute Gasteiger partial charge is 0.303 e. The van der Waals surface area contributed by atoms with Crippen molar-refractivity contribution in [2.75, 3.05) is 5.32 Å². The van der Waals surface area contributed by atoms with Crippen LogP contribution in [0.3, 0.4) is 0 Å². The number of pyridine rings is 1. The number of aromatic nitrogens is 1. The topological polar surface area (TPSA) is 79.3 Å². The second kappa shape index (κ2) is 10.6. The molecule has 1 amide bonds. The lowest BCUT2D eigenvalue weighted by Gasteiger charge is -2.11. The predicted molar refractivity (Wildman–Crippen MR) is 133 cm³/mol. The average Bonchev–Trinajstić information content (AvgIpc) is 3.62. The minimum absolute atomic E-state index is 0.00550. The lowest BCUT2D eigenvalue weighted by atomic mass is 9.97. The molecule has 0 spiro atoms. The highest BCUT2D eigenvalue weighted by atomic mass is 79.9. The van der Waals surface area contributed by atoms with Gasteiger partial charge in [0.05, 0.1) is 0 Å². The first-order valence-electron chi connectivity index (χ1n) is 11.0. The molecule has 2 N–H and O–H groups in total. The van der Waals surface area contributed by atoms with E-state index >= 15 is 0 Å². The summed E-state index contributed by atoms with van der Waals surface area (Å²) in [5.74, 6) is -0.453. The average molecular weight is 505 g/mol. The van der Waals surface area contributed by atoms with Crippen molar-refractivity contribution in [2.45, 2.75) is 31.6 Å². The van der Waals surface area contributed by atoms with Crippen LogP contribution >= 0.6 is 15.9 Å². The highest BCUT2D eigenvalue weighted by Gasteiger charge is 2.43. The van der Waals surface area contributed by atoms with Crippen molar-refractivity contribution in [3.05, 3.63) is 100 Å². The van der Waals surface area contributed by atoms with Crippen molar-refractivity contribution in [1.29, 1.82) is 0 Å². The fourth-order valence-electron chi connectivity index (χ4n) is 3.96. The van der Waals surface area contributed by atoms with Crippen LogP contribution in [0.15, 0.2) is 83.6 Å². The molecule has 33 heavy (non-hydrogen) atoms.